The summed E-state index contributed by atoms with van der Waals surface area (Å²) in [4.78, 5) is 0. The lowest BCUT2D eigenvalue weighted by atomic mass is 9.95. The van der Waals surface area contributed by atoms with E-state index in [1.807, 2.05) is 0 Å². The van der Waals surface area contributed by atoms with Crippen LogP contribution in [0.2, 0.25) is 0 Å². The summed E-state index contributed by atoms with van der Waals surface area (Å²) in [6, 6.07) is 0. The number of hydrogen-bond donors (Lipinski definition) is 1. The van der Waals surface area contributed by atoms with E-state index in [0.717, 1.165) is 13.2 Å². The third-order valence-electron chi connectivity index (χ3n) is 3.84. The van der Waals surface area contributed by atoms with Crippen LogP contribution in [-0.4, -0.2) is 24.8 Å². The second-order valence-electron chi connectivity index (χ2n) is 4.97. The van der Waals surface area contributed by atoms with E-state index in [0.29, 0.717) is 11.6 Å². The zero-order chi connectivity index (χ0) is 11.1. The quantitative estimate of drug-likeness (QED) is 0.656. The van der Waals surface area contributed by atoms with Crippen LogP contribution in [-0.2, 0) is 4.74 Å². The Labute approximate surface area is 94.8 Å². The van der Waals surface area contributed by atoms with Crippen LogP contribution >= 0.6 is 0 Å². The fraction of sp³-hybridized carbons (Fsp3) is 1.00. The molecule has 0 aromatic heterocycles. The number of nitrogens with one attached hydrogen (secondary N) is 1. The summed E-state index contributed by atoms with van der Waals surface area (Å²) in [5.74, 6) is 0. The normalized spacial score (nSPS) is 22.2. The van der Waals surface area contributed by atoms with Crippen molar-refractivity contribution in [2.24, 2.45) is 0 Å². The molecule has 1 rings (SSSR count). The van der Waals surface area contributed by atoms with Crippen molar-refractivity contribution in [1.29, 1.82) is 0 Å². The van der Waals surface area contributed by atoms with Gasteiger partial charge in [-0.15, -0.1) is 0 Å². The first-order valence-electron chi connectivity index (χ1n) is 6.57. The summed E-state index contributed by atoms with van der Waals surface area (Å²) >= 11 is 0. The smallest absolute Gasteiger partial charge is 0.0576 e. The van der Waals surface area contributed by atoms with Gasteiger partial charge in [0.15, 0.2) is 0 Å². The predicted molar refractivity (Wildman–Crippen MR) is 65.2 cm³/mol. The molecule has 0 aromatic carbocycles. The molecule has 1 aliphatic rings. The number of hydrogen-bond acceptors (Lipinski definition) is 2. The van der Waals surface area contributed by atoms with E-state index in [-0.39, 0.29) is 0 Å². The van der Waals surface area contributed by atoms with Gasteiger partial charge in [-0.3, -0.25) is 0 Å². The van der Waals surface area contributed by atoms with Gasteiger partial charge in [-0.25, -0.2) is 0 Å². The molecule has 1 fully saturated rings. The molecule has 90 valence electrons. The SMILES string of the molecule is CCC(C)(CC)NCCCC1CCCO1. The standard InChI is InChI=1S/C13H27NO/c1-4-13(3,5-2)14-10-6-8-12-9-7-11-15-12/h12,14H,4-11H2,1-3H3. The van der Waals surface area contributed by atoms with Crippen molar-refractivity contribution in [2.75, 3.05) is 13.2 Å². The molecule has 2 heteroatoms. The molecule has 1 saturated heterocycles. The molecule has 0 spiro atoms. The molecule has 0 aliphatic carbocycles. The summed E-state index contributed by atoms with van der Waals surface area (Å²) in [5, 5.41) is 3.66. The van der Waals surface area contributed by atoms with E-state index >= 15 is 0 Å². The van der Waals surface area contributed by atoms with Crippen molar-refractivity contribution < 1.29 is 4.74 Å². The highest BCUT2D eigenvalue weighted by atomic mass is 16.5. The zero-order valence-corrected chi connectivity index (χ0v) is 10.6. The first-order chi connectivity index (χ1) is 7.20. The van der Waals surface area contributed by atoms with Crippen LogP contribution in [0.5, 0.6) is 0 Å². The van der Waals surface area contributed by atoms with Gasteiger partial charge in [0, 0.05) is 12.1 Å². The van der Waals surface area contributed by atoms with Crippen LogP contribution < -0.4 is 5.32 Å². The maximum Gasteiger partial charge on any atom is 0.0576 e. The lowest BCUT2D eigenvalue weighted by Gasteiger charge is -2.28. The molecule has 0 saturated carbocycles. The molecular formula is C13H27NO. The van der Waals surface area contributed by atoms with Crippen molar-refractivity contribution in [3.8, 4) is 0 Å². The summed E-state index contributed by atoms with van der Waals surface area (Å²) in [6.07, 6.45) is 8.00. The highest BCUT2D eigenvalue weighted by Crippen LogP contribution is 2.17. The van der Waals surface area contributed by atoms with Crippen LogP contribution in [0.3, 0.4) is 0 Å². The number of rotatable bonds is 7. The molecule has 1 aliphatic heterocycles. The fourth-order valence-corrected chi connectivity index (χ4v) is 2.09. The average Bonchev–Trinajstić information content (AvgIpc) is 2.77. The molecule has 1 N–H and O–H groups in total. The van der Waals surface area contributed by atoms with Crippen molar-refractivity contribution in [2.45, 2.75) is 70.9 Å². The summed E-state index contributed by atoms with van der Waals surface area (Å²) in [5.41, 5.74) is 0.344. The molecule has 1 unspecified atom stereocenters. The van der Waals surface area contributed by atoms with Crippen molar-refractivity contribution >= 4 is 0 Å². The minimum Gasteiger partial charge on any atom is -0.378 e. The largest absolute Gasteiger partial charge is 0.378 e. The highest BCUT2D eigenvalue weighted by molar-refractivity contribution is 4.79. The lowest BCUT2D eigenvalue weighted by molar-refractivity contribution is 0.102. The average molecular weight is 213 g/mol. The van der Waals surface area contributed by atoms with Gasteiger partial charge in [0.1, 0.15) is 0 Å². The van der Waals surface area contributed by atoms with Crippen LogP contribution in [0.15, 0.2) is 0 Å². The van der Waals surface area contributed by atoms with Gasteiger partial charge in [-0.2, -0.15) is 0 Å². The van der Waals surface area contributed by atoms with Gasteiger partial charge >= 0.3 is 0 Å². The zero-order valence-electron chi connectivity index (χ0n) is 10.6. The molecule has 0 radical (unpaired) electrons. The molecular weight excluding hydrogens is 186 g/mol. The minimum atomic E-state index is 0.344. The third kappa shape index (κ3) is 4.52. The Bertz CT molecular complexity index is 160. The number of ether oxygens (including phenoxy) is 1. The molecule has 1 heterocycles. The Kier molecular flexibility index (Phi) is 5.62. The molecule has 0 amide bonds. The van der Waals surface area contributed by atoms with Crippen LogP contribution in [0.1, 0.15) is 59.3 Å². The van der Waals surface area contributed by atoms with E-state index in [9.17, 15) is 0 Å². The van der Waals surface area contributed by atoms with E-state index in [4.69, 9.17) is 4.74 Å². The van der Waals surface area contributed by atoms with Gasteiger partial charge in [0.25, 0.3) is 0 Å². The second-order valence-corrected chi connectivity index (χ2v) is 4.97. The lowest BCUT2D eigenvalue weighted by Crippen LogP contribution is -2.41. The second kappa shape index (κ2) is 6.49. The van der Waals surface area contributed by atoms with E-state index in [1.54, 1.807) is 0 Å². The molecule has 0 bridgehead atoms. The van der Waals surface area contributed by atoms with Gasteiger partial charge in [-0.1, -0.05) is 13.8 Å². The van der Waals surface area contributed by atoms with E-state index < -0.39 is 0 Å². The van der Waals surface area contributed by atoms with Gasteiger partial charge in [0.05, 0.1) is 6.10 Å². The Hall–Kier alpha value is -0.0800. The van der Waals surface area contributed by atoms with Crippen molar-refractivity contribution in [3.63, 3.8) is 0 Å². The summed E-state index contributed by atoms with van der Waals surface area (Å²) in [7, 11) is 0. The topological polar surface area (TPSA) is 21.3 Å². The van der Waals surface area contributed by atoms with Crippen LogP contribution in [0.4, 0.5) is 0 Å². The Morgan fingerprint density at radius 2 is 2.07 bits per heavy atom. The maximum absolute atomic E-state index is 5.61. The summed E-state index contributed by atoms with van der Waals surface area (Å²) in [6.45, 7) is 8.96. The Morgan fingerprint density at radius 3 is 2.60 bits per heavy atom. The fourth-order valence-electron chi connectivity index (χ4n) is 2.09. The van der Waals surface area contributed by atoms with Crippen molar-refractivity contribution in [3.05, 3.63) is 0 Å². The predicted octanol–water partition coefficient (Wildman–Crippen LogP) is 3.11. The monoisotopic (exact) mass is 213 g/mol. The Balaban J connectivity index is 2.04. The van der Waals surface area contributed by atoms with Gasteiger partial charge in [-0.05, 0) is 52.0 Å². The van der Waals surface area contributed by atoms with E-state index in [2.05, 4.69) is 26.1 Å². The molecule has 0 aromatic rings. The van der Waals surface area contributed by atoms with Crippen LogP contribution in [0.25, 0.3) is 0 Å². The Morgan fingerprint density at radius 1 is 1.33 bits per heavy atom. The first-order valence-corrected chi connectivity index (χ1v) is 6.57. The minimum absolute atomic E-state index is 0.344. The summed E-state index contributed by atoms with van der Waals surface area (Å²) < 4.78 is 5.61. The van der Waals surface area contributed by atoms with Gasteiger partial charge < -0.3 is 10.1 Å². The maximum atomic E-state index is 5.61. The molecule has 1 atom stereocenters. The first kappa shape index (κ1) is 13.0. The molecule has 2 nitrogen and oxygen atoms in total. The van der Waals surface area contributed by atoms with E-state index in [1.165, 1.54) is 38.5 Å². The highest BCUT2D eigenvalue weighted by Gasteiger charge is 2.19. The van der Waals surface area contributed by atoms with Crippen LogP contribution in [0, 0.1) is 0 Å². The third-order valence-corrected chi connectivity index (χ3v) is 3.84. The molecule has 15 heavy (non-hydrogen) atoms. The van der Waals surface area contributed by atoms with Crippen molar-refractivity contribution in [1.82, 2.24) is 5.32 Å². The van der Waals surface area contributed by atoms with Gasteiger partial charge in [0.2, 0.25) is 0 Å².